The molecule has 11 nitrogen and oxygen atoms in total. The third-order valence-corrected chi connectivity index (χ3v) is 7.76. The summed E-state index contributed by atoms with van der Waals surface area (Å²) in [5, 5.41) is 6.73. The van der Waals surface area contributed by atoms with Gasteiger partial charge in [0.05, 0.1) is 6.20 Å². The summed E-state index contributed by atoms with van der Waals surface area (Å²) in [6, 6.07) is 7.55. The zero-order chi connectivity index (χ0) is 25.0. The number of likely N-dealkylation sites (N-methyl/N-ethyl adjacent to an activating group) is 1. The maximum Gasteiger partial charge on any atom is 0.245 e. The molecule has 35 heavy (non-hydrogen) atoms. The lowest BCUT2D eigenvalue weighted by Gasteiger charge is -2.36. The van der Waals surface area contributed by atoms with Gasteiger partial charge in [0.25, 0.3) is 0 Å². The summed E-state index contributed by atoms with van der Waals surface area (Å²) in [5.74, 6) is 0.701. The van der Waals surface area contributed by atoms with Gasteiger partial charge in [-0.05, 0) is 12.1 Å². The number of nitrogens with zero attached hydrogens (tertiary/aromatic N) is 7. The van der Waals surface area contributed by atoms with Crippen LogP contribution in [0, 0.1) is 0 Å². The van der Waals surface area contributed by atoms with Crippen LogP contribution in [-0.4, -0.2) is 89.6 Å². The Hall–Kier alpha value is -3.35. The molecule has 0 atom stereocenters. The van der Waals surface area contributed by atoms with Crippen LogP contribution in [0.15, 0.2) is 53.9 Å². The second kappa shape index (κ2) is 10.5. The minimum absolute atomic E-state index is 0.114. The molecule has 0 unspecified atom stereocenters. The third kappa shape index (κ3) is 5.84. The lowest BCUT2D eigenvalue weighted by Crippen LogP contribution is -2.49. The summed E-state index contributed by atoms with van der Waals surface area (Å²) in [6.07, 6.45) is 6.25. The SMILES string of the molecule is CC(=O)Nc1ccc(-c2nccnc2N2CCN(CCN(C)S(=O)(=O)c3cnn(C)c3)CC2)cc1. The van der Waals surface area contributed by atoms with Gasteiger partial charge >= 0.3 is 0 Å². The molecule has 0 saturated carbocycles. The molecule has 1 N–H and O–H groups in total. The number of benzene rings is 1. The molecule has 1 aliphatic heterocycles. The van der Waals surface area contributed by atoms with E-state index in [0.29, 0.717) is 13.1 Å². The molecule has 1 aromatic carbocycles. The Morgan fingerprint density at radius 2 is 1.77 bits per heavy atom. The Balaban J connectivity index is 1.36. The highest BCUT2D eigenvalue weighted by Crippen LogP contribution is 2.28. The fourth-order valence-electron chi connectivity index (χ4n) is 3.98. The Labute approximate surface area is 205 Å². The number of carbonyl (C=O) groups is 1. The number of carbonyl (C=O) groups excluding carboxylic acids is 1. The van der Waals surface area contributed by atoms with Crippen LogP contribution in [0.3, 0.4) is 0 Å². The van der Waals surface area contributed by atoms with E-state index in [0.717, 1.165) is 48.9 Å². The number of sulfonamides is 1. The molecule has 1 aliphatic rings. The van der Waals surface area contributed by atoms with Gasteiger partial charge in [0.2, 0.25) is 15.9 Å². The predicted molar refractivity (Wildman–Crippen MR) is 133 cm³/mol. The van der Waals surface area contributed by atoms with Crippen LogP contribution in [-0.2, 0) is 21.9 Å². The van der Waals surface area contributed by atoms with Crippen molar-refractivity contribution in [3.63, 3.8) is 0 Å². The topological polar surface area (TPSA) is 117 Å². The highest BCUT2D eigenvalue weighted by atomic mass is 32.2. The van der Waals surface area contributed by atoms with Gasteiger partial charge < -0.3 is 10.2 Å². The zero-order valence-corrected chi connectivity index (χ0v) is 20.9. The lowest BCUT2D eigenvalue weighted by molar-refractivity contribution is -0.114. The van der Waals surface area contributed by atoms with Crippen molar-refractivity contribution in [1.82, 2.24) is 29.0 Å². The summed E-state index contributed by atoms with van der Waals surface area (Å²) < 4.78 is 28.3. The normalized spacial score (nSPS) is 14.9. The number of amides is 1. The Bertz CT molecular complexity index is 1270. The first-order valence-electron chi connectivity index (χ1n) is 11.4. The van der Waals surface area contributed by atoms with E-state index in [1.54, 1.807) is 26.5 Å². The molecule has 2 aromatic heterocycles. The van der Waals surface area contributed by atoms with E-state index in [4.69, 9.17) is 0 Å². The second-order valence-corrected chi connectivity index (χ2v) is 10.5. The average molecular weight is 499 g/mol. The van der Waals surface area contributed by atoms with Crippen LogP contribution in [0.1, 0.15) is 6.92 Å². The number of aromatic nitrogens is 4. The first-order chi connectivity index (χ1) is 16.7. The van der Waals surface area contributed by atoms with Gasteiger partial charge in [-0.1, -0.05) is 12.1 Å². The average Bonchev–Trinajstić information content (AvgIpc) is 3.30. The number of piperazine rings is 1. The maximum atomic E-state index is 12.7. The van der Waals surface area contributed by atoms with Crippen molar-refractivity contribution in [2.75, 3.05) is 56.5 Å². The van der Waals surface area contributed by atoms with Gasteiger partial charge in [0.15, 0.2) is 5.82 Å². The summed E-state index contributed by atoms with van der Waals surface area (Å²) in [7, 11) is -0.252. The molecule has 0 spiro atoms. The van der Waals surface area contributed by atoms with Crippen molar-refractivity contribution in [2.45, 2.75) is 11.8 Å². The van der Waals surface area contributed by atoms with E-state index in [1.807, 2.05) is 24.3 Å². The van der Waals surface area contributed by atoms with E-state index >= 15 is 0 Å². The molecular weight excluding hydrogens is 468 g/mol. The molecular formula is C23H30N8O3S. The highest BCUT2D eigenvalue weighted by Gasteiger charge is 2.25. The van der Waals surface area contributed by atoms with E-state index in [9.17, 15) is 13.2 Å². The molecule has 1 amide bonds. The Kier molecular flexibility index (Phi) is 7.43. The van der Waals surface area contributed by atoms with Crippen molar-refractivity contribution in [3.05, 3.63) is 49.1 Å². The van der Waals surface area contributed by atoms with Gasteiger partial charge in [0, 0.05) is 90.1 Å². The molecule has 0 radical (unpaired) electrons. The molecule has 1 fully saturated rings. The predicted octanol–water partition coefficient (Wildman–Crippen LogP) is 1.28. The molecule has 0 aliphatic carbocycles. The van der Waals surface area contributed by atoms with Gasteiger partial charge in [0.1, 0.15) is 10.6 Å². The van der Waals surface area contributed by atoms with Crippen LogP contribution in [0.5, 0.6) is 0 Å². The first-order valence-corrected chi connectivity index (χ1v) is 12.8. The van der Waals surface area contributed by atoms with Crippen LogP contribution >= 0.6 is 0 Å². The van der Waals surface area contributed by atoms with E-state index in [-0.39, 0.29) is 10.8 Å². The third-order valence-electron chi connectivity index (χ3n) is 5.95. The summed E-state index contributed by atoms with van der Waals surface area (Å²) in [5.41, 5.74) is 2.44. The first kappa shape index (κ1) is 24.8. The van der Waals surface area contributed by atoms with Crippen molar-refractivity contribution in [3.8, 4) is 11.3 Å². The van der Waals surface area contributed by atoms with Crippen LogP contribution in [0.25, 0.3) is 11.3 Å². The van der Waals surface area contributed by atoms with Crippen molar-refractivity contribution < 1.29 is 13.2 Å². The Morgan fingerprint density at radius 1 is 1.09 bits per heavy atom. The molecule has 186 valence electrons. The van der Waals surface area contributed by atoms with E-state index in [2.05, 4.69) is 30.2 Å². The minimum atomic E-state index is -3.55. The molecule has 0 bridgehead atoms. The smallest absolute Gasteiger partial charge is 0.245 e. The lowest BCUT2D eigenvalue weighted by atomic mass is 10.1. The molecule has 1 saturated heterocycles. The molecule has 3 heterocycles. The fraction of sp³-hybridized carbons (Fsp3) is 0.391. The number of anilines is 2. The quantitative estimate of drug-likeness (QED) is 0.494. The number of hydrogen-bond donors (Lipinski definition) is 1. The monoisotopic (exact) mass is 498 g/mol. The zero-order valence-electron chi connectivity index (χ0n) is 20.1. The van der Waals surface area contributed by atoms with Gasteiger partial charge in [-0.3, -0.25) is 19.4 Å². The summed E-state index contributed by atoms with van der Waals surface area (Å²) >= 11 is 0. The van der Waals surface area contributed by atoms with Crippen molar-refractivity contribution in [1.29, 1.82) is 0 Å². The van der Waals surface area contributed by atoms with Crippen LogP contribution in [0.4, 0.5) is 11.5 Å². The Morgan fingerprint density at radius 3 is 2.40 bits per heavy atom. The number of rotatable bonds is 8. The fourth-order valence-corrected chi connectivity index (χ4v) is 5.13. The molecule has 4 rings (SSSR count). The van der Waals surface area contributed by atoms with Crippen molar-refractivity contribution >= 4 is 27.4 Å². The standard InChI is InChI=1S/C23H30N8O3S/c1-18(32)27-20-6-4-19(5-7-20)22-23(25-9-8-24-22)31-14-12-30(13-15-31)11-10-29(3)35(33,34)21-16-26-28(2)17-21/h4-9,16-17H,10-15H2,1-3H3,(H,27,32). The second-order valence-electron chi connectivity index (χ2n) is 8.49. The van der Waals surface area contributed by atoms with Gasteiger partial charge in [-0.25, -0.2) is 13.4 Å². The van der Waals surface area contributed by atoms with E-state index in [1.165, 1.54) is 28.3 Å². The molecule has 3 aromatic rings. The number of hydrogen-bond acceptors (Lipinski definition) is 8. The summed E-state index contributed by atoms with van der Waals surface area (Å²) in [4.78, 5) is 25.1. The minimum Gasteiger partial charge on any atom is -0.352 e. The number of nitrogens with one attached hydrogen (secondary N) is 1. The largest absolute Gasteiger partial charge is 0.352 e. The van der Waals surface area contributed by atoms with Crippen molar-refractivity contribution in [2.24, 2.45) is 7.05 Å². The summed E-state index contributed by atoms with van der Waals surface area (Å²) in [6.45, 7) is 5.61. The number of aryl methyl sites for hydroxylation is 1. The van der Waals surface area contributed by atoms with E-state index < -0.39 is 10.0 Å². The highest BCUT2D eigenvalue weighted by molar-refractivity contribution is 7.89. The molecule has 12 heteroatoms. The maximum absolute atomic E-state index is 12.7. The van der Waals surface area contributed by atoms with Crippen LogP contribution in [0.2, 0.25) is 0 Å². The van der Waals surface area contributed by atoms with Gasteiger partial charge in [-0.15, -0.1) is 0 Å². The van der Waals surface area contributed by atoms with Crippen LogP contribution < -0.4 is 10.2 Å². The van der Waals surface area contributed by atoms with Gasteiger partial charge in [-0.2, -0.15) is 9.40 Å².